The molecule has 8 heteroatoms. The van der Waals surface area contributed by atoms with Gasteiger partial charge in [0.2, 0.25) is 0 Å². The average molecular weight is 423 g/mol. The molecule has 4 aromatic rings. The molecule has 152 valence electrons. The van der Waals surface area contributed by atoms with Gasteiger partial charge in [0.25, 0.3) is 0 Å². The van der Waals surface area contributed by atoms with Gasteiger partial charge in [-0.15, -0.1) is 0 Å². The van der Waals surface area contributed by atoms with Crippen molar-refractivity contribution in [1.82, 2.24) is 24.6 Å². The SMILES string of the molecule is Fc1ccc(-c2cccn3nc(CC4CCN(c5ccncn5)CC4)nc23)c(Cl)c1. The third-order valence-electron chi connectivity index (χ3n) is 5.60. The Morgan fingerprint density at radius 3 is 2.73 bits per heavy atom. The van der Waals surface area contributed by atoms with E-state index in [-0.39, 0.29) is 5.82 Å². The first kappa shape index (κ1) is 18.9. The van der Waals surface area contributed by atoms with Crippen LogP contribution in [0.5, 0.6) is 0 Å². The van der Waals surface area contributed by atoms with Gasteiger partial charge in [0.15, 0.2) is 11.5 Å². The number of rotatable bonds is 4. The molecule has 1 aliphatic heterocycles. The zero-order chi connectivity index (χ0) is 20.5. The number of nitrogens with zero attached hydrogens (tertiary/aromatic N) is 6. The third kappa shape index (κ3) is 3.73. The van der Waals surface area contributed by atoms with Crippen molar-refractivity contribution in [3.05, 3.63) is 71.8 Å². The fraction of sp³-hybridized carbons (Fsp3) is 0.273. The van der Waals surface area contributed by atoms with E-state index in [1.165, 1.54) is 12.1 Å². The van der Waals surface area contributed by atoms with Gasteiger partial charge in [-0.2, -0.15) is 5.10 Å². The van der Waals surface area contributed by atoms with Gasteiger partial charge in [0.1, 0.15) is 18.0 Å². The molecule has 0 atom stereocenters. The van der Waals surface area contributed by atoms with Gasteiger partial charge in [-0.05, 0) is 55.2 Å². The fourth-order valence-corrected chi connectivity index (χ4v) is 4.32. The van der Waals surface area contributed by atoms with Crippen LogP contribution in [-0.2, 0) is 6.42 Å². The number of fused-ring (bicyclic) bond motifs is 1. The second-order valence-electron chi connectivity index (χ2n) is 7.54. The fourth-order valence-electron chi connectivity index (χ4n) is 4.05. The number of hydrogen-bond donors (Lipinski definition) is 0. The Hall–Kier alpha value is -3.06. The Morgan fingerprint density at radius 2 is 1.97 bits per heavy atom. The molecule has 0 saturated carbocycles. The summed E-state index contributed by atoms with van der Waals surface area (Å²) in [6, 6.07) is 10.2. The van der Waals surface area contributed by atoms with E-state index in [2.05, 4.69) is 20.0 Å². The maximum atomic E-state index is 13.4. The minimum atomic E-state index is -0.355. The van der Waals surface area contributed by atoms with Gasteiger partial charge >= 0.3 is 0 Å². The lowest BCUT2D eigenvalue weighted by atomic mass is 9.93. The summed E-state index contributed by atoms with van der Waals surface area (Å²) in [4.78, 5) is 15.4. The van der Waals surface area contributed by atoms with Crippen LogP contribution in [0.25, 0.3) is 16.8 Å². The molecule has 0 spiro atoms. The van der Waals surface area contributed by atoms with Crippen LogP contribution in [0.15, 0.2) is 55.1 Å². The third-order valence-corrected chi connectivity index (χ3v) is 5.92. The molecule has 1 aliphatic rings. The first-order valence-electron chi connectivity index (χ1n) is 9.98. The van der Waals surface area contributed by atoms with Crippen molar-refractivity contribution >= 4 is 23.1 Å². The van der Waals surface area contributed by atoms with E-state index >= 15 is 0 Å². The zero-order valence-electron chi connectivity index (χ0n) is 16.2. The van der Waals surface area contributed by atoms with Crippen molar-refractivity contribution in [2.24, 2.45) is 5.92 Å². The van der Waals surface area contributed by atoms with E-state index in [0.717, 1.165) is 60.8 Å². The van der Waals surface area contributed by atoms with E-state index in [4.69, 9.17) is 16.6 Å². The lowest BCUT2D eigenvalue weighted by Gasteiger charge is -2.32. The molecule has 4 heterocycles. The summed E-state index contributed by atoms with van der Waals surface area (Å²) in [5.41, 5.74) is 2.33. The summed E-state index contributed by atoms with van der Waals surface area (Å²) in [5.74, 6) is 1.97. The molecule has 0 radical (unpaired) electrons. The predicted molar refractivity (Wildman–Crippen MR) is 114 cm³/mol. The van der Waals surface area contributed by atoms with Crippen molar-refractivity contribution in [2.45, 2.75) is 19.3 Å². The summed E-state index contributed by atoms with van der Waals surface area (Å²) in [6.45, 7) is 1.93. The van der Waals surface area contributed by atoms with Crippen molar-refractivity contribution < 1.29 is 4.39 Å². The lowest BCUT2D eigenvalue weighted by molar-refractivity contribution is 0.395. The quantitative estimate of drug-likeness (QED) is 0.486. The van der Waals surface area contributed by atoms with E-state index < -0.39 is 0 Å². The van der Waals surface area contributed by atoms with Crippen molar-refractivity contribution in [1.29, 1.82) is 0 Å². The Labute approximate surface area is 178 Å². The van der Waals surface area contributed by atoms with Crippen molar-refractivity contribution in [2.75, 3.05) is 18.0 Å². The Balaban J connectivity index is 1.34. The molecule has 0 N–H and O–H groups in total. The highest BCUT2D eigenvalue weighted by Crippen LogP contribution is 2.31. The molecular weight excluding hydrogens is 403 g/mol. The van der Waals surface area contributed by atoms with Crippen LogP contribution in [0.1, 0.15) is 18.7 Å². The number of pyridine rings is 1. The highest BCUT2D eigenvalue weighted by molar-refractivity contribution is 6.33. The first-order chi connectivity index (χ1) is 14.7. The molecule has 5 rings (SSSR count). The summed E-state index contributed by atoms with van der Waals surface area (Å²) in [5, 5.41) is 5.04. The predicted octanol–water partition coefficient (Wildman–Crippen LogP) is 4.44. The molecule has 1 fully saturated rings. The maximum absolute atomic E-state index is 13.4. The molecule has 3 aromatic heterocycles. The van der Waals surface area contributed by atoms with Gasteiger partial charge in [-0.1, -0.05) is 11.6 Å². The summed E-state index contributed by atoms with van der Waals surface area (Å²) in [7, 11) is 0. The largest absolute Gasteiger partial charge is 0.357 e. The minimum Gasteiger partial charge on any atom is -0.357 e. The zero-order valence-corrected chi connectivity index (χ0v) is 17.0. The molecule has 1 aromatic carbocycles. The number of aromatic nitrogens is 5. The standard InChI is InChI=1S/C22H20ClFN6/c23-19-13-16(24)3-4-17(19)18-2-1-9-30-22(18)27-20(28-30)12-15-6-10-29(11-7-15)21-5-8-25-14-26-21/h1-5,8-9,13-15H,6-7,10-12H2. The van der Waals surface area contributed by atoms with E-state index in [9.17, 15) is 4.39 Å². The lowest BCUT2D eigenvalue weighted by Crippen LogP contribution is -2.34. The van der Waals surface area contributed by atoms with E-state index in [0.29, 0.717) is 10.9 Å². The number of halogens is 2. The number of benzene rings is 1. The minimum absolute atomic E-state index is 0.355. The highest BCUT2D eigenvalue weighted by Gasteiger charge is 2.22. The molecule has 1 saturated heterocycles. The van der Waals surface area contributed by atoms with Gasteiger partial charge in [0.05, 0.1) is 5.02 Å². The smallest absolute Gasteiger partial charge is 0.163 e. The van der Waals surface area contributed by atoms with E-state index in [1.54, 1.807) is 23.1 Å². The van der Waals surface area contributed by atoms with Crippen molar-refractivity contribution in [3.8, 4) is 11.1 Å². The second-order valence-corrected chi connectivity index (χ2v) is 7.95. The molecular formula is C22H20ClFN6. The van der Waals surface area contributed by atoms with Crippen LogP contribution in [-0.4, -0.2) is 37.7 Å². The topological polar surface area (TPSA) is 59.2 Å². The normalized spacial score (nSPS) is 15.1. The average Bonchev–Trinajstić information content (AvgIpc) is 3.18. The van der Waals surface area contributed by atoms with Crippen LogP contribution in [0, 0.1) is 11.7 Å². The van der Waals surface area contributed by atoms with Gasteiger partial charge in [-0.3, -0.25) is 0 Å². The monoisotopic (exact) mass is 422 g/mol. The van der Waals surface area contributed by atoms with Crippen LogP contribution in [0.2, 0.25) is 5.02 Å². The molecule has 0 bridgehead atoms. The van der Waals surface area contributed by atoms with Gasteiger partial charge in [-0.25, -0.2) is 23.9 Å². The van der Waals surface area contributed by atoms with E-state index in [1.807, 2.05) is 24.4 Å². The van der Waals surface area contributed by atoms with Crippen molar-refractivity contribution in [3.63, 3.8) is 0 Å². The van der Waals surface area contributed by atoms with Crippen LogP contribution in [0.3, 0.4) is 0 Å². The first-order valence-corrected chi connectivity index (χ1v) is 10.4. The summed E-state index contributed by atoms with van der Waals surface area (Å²) < 4.78 is 15.2. The summed E-state index contributed by atoms with van der Waals surface area (Å²) in [6.07, 6.45) is 8.21. The van der Waals surface area contributed by atoms with Gasteiger partial charge < -0.3 is 4.90 Å². The molecule has 30 heavy (non-hydrogen) atoms. The second kappa shape index (κ2) is 7.99. The number of hydrogen-bond acceptors (Lipinski definition) is 5. The highest BCUT2D eigenvalue weighted by atomic mass is 35.5. The van der Waals surface area contributed by atoms with Crippen LogP contribution >= 0.6 is 11.6 Å². The number of piperidine rings is 1. The molecule has 0 aliphatic carbocycles. The number of anilines is 1. The van der Waals surface area contributed by atoms with Crippen LogP contribution in [0.4, 0.5) is 10.2 Å². The molecule has 0 unspecified atom stereocenters. The van der Waals surface area contributed by atoms with Crippen LogP contribution < -0.4 is 4.90 Å². The Bertz CT molecular complexity index is 1170. The molecule has 0 amide bonds. The Morgan fingerprint density at radius 1 is 1.10 bits per heavy atom. The van der Waals surface area contributed by atoms with Gasteiger partial charge in [0, 0.05) is 43.0 Å². The Kier molecular flexibility index (Phi) is 5.04. The molecule has 6 nitrogen and oxygen atoms in total. The summed E-state index contributed by atoms with van der Waals surface area (Å²) >= 11 is 6.28. The maximum Gasteiger partial charge on any atom is 0.163 e.